The fourth-order valence-electron chi connectivity index (χ4n) is 2.89. The van der Waals surface area contributed by atoms with Crippen LogP contribution >= 0.6 is 13.5 Å². The maximum absolute atomic E-state index is 13.5. The van der Waals surface area contributed by atoms with Crippen molar-refractivity contribution in [3.05, 3.63) is 53.8 Å². The first-order valence-corrected chi connectivity index (χ1v) is 10.1. The molecule has 152 valence electrons. The highest BCUT2D eigenvalue weighted by Gasteiger charge is 2.25. The van der Waals surface area contributed by atoms with Gasteiger partial charge in [-0.15, -0.1) is 0 Å². The minimum atomic E-state index is -3.52. The summed E-state index contributed by atoms with van der Waals surface area (Å²) in [5, 5.41) is 2.61. The normalized spacial score (nSPS) is 16.3. The first-order chi connectivity index (χ1) is 12.9. The third-order valence-corrected chi connectivity index (χ3v) is 6.23. The summed E-state index contributed by atoms with van der Waals surface area (Å²) in [5.41, 5.74) is 0.539. The van der Waals surface area contributed by atoms with Crippen molar-refractivity contribution >= 4 is 34.9 Å². The van der Waals surface area contributed by atoms with Gasteiger partial charge in [-0.1, -0.05) is 6.07 Å². The van der Waals surface area contributed by atoms with Crippen LogP contribution in [0.4, 0.5) is 10.1 Å². The van der Waals surface area contributed by atoms with Crippen LogP contribution in [0.15, 0.2) is 47.4 Å². The molecule has 28 heavy (non-hydrogen) atoms. The number of ether oxygens (including phenoxy) is 2. The summed E-state index contributed by atoms with van der Waals surface area (Å²) in [6.45, 7) is 1.01. The van der Waals surface area contributed by atoms with Gasteiger partial charge < -0.3 is 14.8 Å². The highest BCUT2D eigenvalue weighted by Crippen LogP contribution is 2.23. The Bertz CT molecular complexity index is 943. The van der Waals surface area contributed by atoms with E-state index >= 15 is 0 Å². The Morgan fingerprint density at radius 2 is 2.07 bits per heavy atom. The Morgan fingerprint density at radius 1 is 1.29 bits per heavy atom. The van der Waals surface area contributed by atoms with E-state index in [4.69, 9.17) is 9.47 Å². The van der Waals surface area contributed by atoms with Crippen molar-refractivity contribution in [2.75, 3.05) is 31.4 Å². The molecule has 1 aliphatic heterocycles. The van der Waals surface area contributed by atoms with E-state index in [9.17, 15) is 17.6 Å². The van der Waals surface area contributed by atoms with Gasteiger partial charge in [0.25, 0.3) is 5.91 Å². The number of carbonyl (C=O) groups excluding carboxylic acids is 1. The number of sulfone groups is 1. The lowest BCUT2D eigenvalue weighted by atomic mass is 10.2. The van der Waals surface area contributed by atoms with Crippen LogP contribution in [0, 0.1) is 11.7 Å². The zero-order valence-electron chi connectivity index (χ0n) is 15.3. The molecule has 1 fully saturated rings. The lowest BCUT2D eigenvalue weighted by Gasteiger charge is -2.11. The second-order valence-electron chi connectivity index (χ2n) is 6.34. The Labute approximate surface area is 170 Å². The highest BCUT2D eigenvalue weighted by atomic mass is 32.2. The number of rotatable bonds is 6. The Morgan fingerprint density at radius 3 is 2.75 bits per heavy atom. The Kier molecular flexibility index (Phi) is 7.45. The van der Waals surface area contributed by atoms with Gasteiger partial charge in [0.15, 0.2) is 21.4 Å². The summed E-state index contributed by atoms with van der Waals surface area (Å²) in [6, 6.07) is 9.80. The number of benzene rings is 2. The van der Waals surface area contributed by atoms with Crippen molar-refractivity contribution < 1.29 is 27.1 Å². The van der Waals surface area contributed by atoms with Gasteiger partial charge in [0.1, 0.15) is 0 Å². The molecular weight excluding hydrogens is 405 g/mol. The van der Waals surface area contributed by atoms with Crippen LogP contribution in [0.3, 0.4) is 0 Å². The van der Waals surface area contributed by atoms with E-state index in [1.165, 1.54) is 49.6 Å². The molecule has 2 aromatic rings. The van der Waals surface area contributed by atoms with Crippen LogP contribution < -0.4 is 10.1 Å². The number of methoxy groups -OCH3 is 1. The van der Waals surface area contributed by atoms with Gasteiger partial charge in [-0.3, -0.25) is 4.79 Å². The third-order valence-electron chi connectivity index (χ3n) is 4.34. The standard InChI is InChI=1S/C19H20FNO5S.H2S/c1-25-18-10-15(5-6-17(18)20)21-19(22)14-3-2-4-16(9-14)27(23,24)12-13-7-8-26-11-13;/h2-6,9-10,13H,7-8,11-12H2,1H3,(H,21,22);1H2/t13-;/m0./s1. The zero-order chi connectivity index (χ0) is 19.4. The average molecular weight is 428 g/mol. The molecule has 1 atom stereocenters. The fourth-order valence-corrected chi connectivity index (χ4v) is 4.56. The summed E-state index contributed by atoms with van der Waals surface area (Å²) in [7, 11) is -2.19. The van der Waals surface area contributed by atoms with E-state index in [0.29, 0.717) is 25.3 Å². The van der Waals surface area contributed by atoms with E-state index in [2.05, 4.69) is 5.32 Å². The maximum Gasteiger partial charge on any atom is 0.255 e. The molecular formula is C19H22FNO5S2. The predicted molar refractivity (Wildman–Crippen MR) is 109 cm³/mol. The lowest BCUT2D eigenvalue weighted by Crippen LogP contribution is -2.18. The van der Waals surface area contributed by atoms with Crippen LogP contribution in [-0.2, 0) is 14.6 Å². The summed E-state index contributed by atoms with van der Waals surface area (Å²) >= 11 is 0. The number of hydrogen-bond donors (Lipinski definition) is 1. The van der Waals surface area contributed by atoms with Crippen molar-refractivity contribution in [3.8, 4) is 5.75 Å². The van der Waals surface area contributed by atoms with Crippen molar-refractivity contribution in [1.82, 2.24) is 0 Å². The predicted octanol–water partition coefficient (Wildman–Crippen LogP) is 3.01. The monoisotopic (exact) mass is 427 g/mol. The molecule has 0 bridgehead atoms. The molecule has 2 aromatic carbocycles. The van der Waals surface area contributed by atoms with Gasteiger partial charge in [-0.25, -0.2) is 12.8 Å². The second-order valence-corrected chi connectivity index (χ2v) is 8.38. The van der Waals surface area contributed by atoms with Gasteiger partial charge >= 0.3 is 0 Å². The van der Waals surface area contributed by atoms with Gasteiger partial charge in [0.2, 0.25) is 0 Å². The summed E-state index contributed by atoms with van der Waals surface area (Å²) < 4.78 is 48.8. The van der Waals surface area contributed by atoms with E-state index in [-0.39, 0.29) is 41.4 Å². The average Bonchev–Trinajstić information content (AvgIpc) is 3.15. The number of carbonyl (C=O) groups is 1. The Balaban J connectivity index is 0.00000280. The van der Waals surface area contributed by atoms with E-state index < -0.39 is 21.6 Å². The molecule has 0 aliphatic carbocycles. The molecule has 6 nitrogen and oxygen atoms in total. The molecule has 9 heteroatoms. The van der Waals surface area contributed by atoms with Crippen LogP contribution in [0.5, 0.6) is 5.75 Å². The van der Waals surface area contributed by atoms with Crippen LogP contribution in [0.25, 0.3) is 0 Å². The van der Waals surface area contributed by atoms with E-state index in [1.807, 2.05) is 0 Å². The number of anilines is 1. The van der Waals surface area contributed by atoms with Gasteiger partial charge in [0, 0.05) is 23.9 Å². The minimum Gasteiger partial charge on any atom is -0.494 e. The van der Waals surface area contributed by atoms with Crippen LogP contribution in [0.1, 0.15) is 16.8 Å². The minimum absolute atomic E-state index is 0. The van der Waals surface area contributed by atoms with E-state index in [1.54, 1.807) is 0 Å². The lowest BCUT2D eigenvalue weighted by molar-refractivity contribution is 0.102. The largest absolute Gasteiger partial charge is 0.494 e. The van der Waals surface area contributed by atoms with Crippen LogP contribution in [0.2, 0.25) is 0 Å². The number of halogens is 1. The van der Waals surface area contributed by atoms with E-state index in [0.717, 1.165) is 0 Å². The van der Waals surface area contributed by atoms with Crippen molar-refractivity contribution in [2.24, 2.45) is 5.92 Å². The smallest absolute Gasteiger partial charge is 0.255 e. The SMILES string of the molecule is COc1cc(NC(=O)c2cccc(S(=O)(=O)C[C@H]3CCOC3)c2)ccc1F.S. The topological polar surface area (TPSA) is 81.7 Å². The third kappa shape index (κ3) is 5.24. The molecule has 1 saturated heterocycles. The molecule has 0 spiro atoms. The molecule has 0 radical (unpaired) electrons. The molecule has 1 aliphatic rings. The Hall–Kier alpha value is -2.10. The van der Waals surface area contributed by atoms with Gasteiger partial charge in [-0.2, -0.15) is 13.5 Å². The maximum atomic E-state index is 13.5. The van der Waals surface area contributed by atoms with Crippen LogP contribution in [-0.4, -0.2) is 40.4 Å². The molecule has 0 unspecified atom stereocenters. The van der Waals surface area contributed by atoms with Crippen molar-refractivity contribution in [3.63, 3.8) is 0 Å². The van der Waals surface area contributed by atoms with Gasteiger partial charge in [0.05, 0.1) is 24.4 Å². The summed E-state index contributed by atoms with van der Waals surface area (Å²) in [5.74, 6) is -1.07. The number of amides is 1. The summed E-state index contributed by atoms with van der Waals surface area (Å²) in [6.07, 6.45) is 0.714. The molecule has 1 heterocycles. The molecule has 0 aromatic heterocycles. The molecule has 1 N–H and O–H groups in total. The quantitative estimate of drug-likeness (QED) is 0.766. The highest BCUT2D eigenvalue weighted by molar-refractivity contribution is 7.91. The second kappa shape index (κ2) is 9.40. The van der Waals surface area contributed by atoms with Gasteiger partial charge in [-0.05, 0) is 42.7 Å². The first-order valence-electron chi connectivity index (χ1n) is 8.44. The molecule has 0 saturated carbocycles. The number of nitrogens with one attached hydrogen (secondary N) is 1. The fraction of sp³-hybridized carbons (Fsp3) is 0.316. The first kappa shape index (κ1) is 22.2. The summed E-state index contributed by atoms with van der Waals surface area (Å²) in [4.78, 5) is 12.6. The van der Waals surface area contributed by atoms with Crippen molar-refractivity contribution in [2.45, 2.75) is 11.3 Å². The number of hydrogen-bond acceptors (Lipinski definition) is 5. The molecule has 1 amide bonds. The van der Waals surface area contributed by atoms with Crippen molar-refractivity contribution in [1.29, 1.82) is 0 Å². The zero-order valence-corrected chi connectivity index (χ0v) is 17.1. The molecule has 3 rings (SSSR count).